The molecular weight excluding hydrogens is 264 g/mol. The molecule has 1 fully saturated rings. The zero-order valence-corrected chi connectivity index (χ0v) is 12.0. The first kappa shape index (κ1) is 14.0. The number of benzene rings is 1. The lowest BCUT2D eigenvalue weighted by atomic mass is 10.1. The maximum atomic E-state index is 9.60. The van der Waals surface area contributed by atoms with Crippen LogP contribution in [0.5, 0.6) is 0 Å². The molecular formula is C16H20N4O. The van der Waals surface area contributed by atoms with Crippen molar-refractivity contribution >= 4 is 5.95 Å². The Morgan fingerprint density at radius 1 is 1.14 bits per heavy atom. The minimum Gasteiger partial charge on any atom is -0.390 e. The Kier molecular flexibility index (Phi) is 4.43. The molecule has 0 bridgehead atoms. The molecule has 1 aliphatic rings. The lowest BCUT2D eigenvalue weighted by Gasteiger charge is -2.27. The summed E-state index contributed by atoms with van der Waals surface area (Å²) in [6.45, 7) is 3.66. The molecule has 0 unspecified atom stereocenters. The lowest BCUT2D eigenvalue weighted by Crippen LogP contribution is -2.44. The van der Waals surface area contributed by atoms with Gasteiger partial charge >= 0.3 is 0 Å². The topological polar surface area (TPSA) is 61.3 Å². The van der Waals surface area contributed by atoms with Crippen LogP contribution in [-0.4, -0.2) is 41.3 Å². The van der Waals surface area contributed by atoms with Crippen molar-refractivity contribution in [3.63, 3.8) is 0 Å². The van der Waals surface area contributed by atoms with Crippen molar-refractivity contribution in [1.29, 1.82) is 0 Å². The molecule has 0 aliphatic carbocycles. The van der Waals surface area contributed by atoms with Gasteiger partial charge in [0.25, 0.3) is 0 Å². The van der Waals surface area contributed by atoms with Gasteiger partial charge in [-0.05, 0) is 11.1 Å². The standard InChI is InChI=1S/C16H20N4O/c21-12-15-14(10-13-4-2-1-3-5-13)11-18-16(19-15)20-8-6-17-7-9-20/h1-5,11,17,21H,6-10,12H2. The Morgan fingerprint density at radius 2 is 1.90 bits per heavy atom. The van der Waals surface area contributed by atoms with Crippen LogP contribution in [0.1, 0.15) is 16.8 Å². The fourth-order valence-electron chi connectivity index (χ4n) is 2.55. The highest BCUT2D eigenvalue weighted by molar-refractivity contribution is 5.36. The molecule has 0 radical (unpaired) electrons. The van der Waals surface area contributed by atoms with E-state index in [-0.39, 0.29) is 6.61 Å². The Morgan fingerprint density at radius 3 is 2.62 bits per heavy atom. The number of aliphatic hydroxyl groups excluding tert-OH is 1. The van der Waals surface area contributed by atoms with E-state index in [9.17, 15) is 5.11 Å². The second-order valence-electron chi connectivity index (χ2n) is 5.20. The highest BCUT2D eigenvalue weighted by Crippen LogP contribution is 2.16. The fraction of sp³-hybridized carbons (Fsp3) is 0.375. The van der Waals surface area contributed by atoms with Crippen molar-refractivity contribution in [2.75, 3.05) is 31.1 Å². The number of aromatic nitrogens is 2. The minimum absolute atomic E-state index is 0.0518. The number of hydrogen-bond acceptors (Lipinski definition) is 5. The average molecular weight is 284 g/mol. The van der Waals surface area contributed by atoms with Crippen LogP contribution in [0, 0.1) is 0 Å². The monoisotopic (exact) mass is 284 g/mol. The second-order valence-corrected chi connectivity index (χ2v) is 5.20. The summed E-state index contributed by atoms with van der Waals surface area (Å²) >= 11 is 0. The summed E-state index contributed by atoms with van der Waals surface area (Å²) in [5.41, 5.74) is 2.91. The summed E-state index contributed by atoms with van der Waals surface area (Å²) in [6, 6.07) is 10.2. The highest BCUT2D eigenvalue weighted by atomic mass is 16.3. The number of anilines is 1. The van der Waals surface area contributed by atoms with Gasteiger partial charge in [0.2, 0.25) is 5.95 Å². The highest BCUT2D eigenvalue weighted by Gasteiger charge is 2.15. The van der Waals surface area contributed by atoms with Crippen LogP contribution < -0.4 is 10.2 Å². The first-order chi connectivity index (χ1) is 10.4. The van der Waals surface area contributed by atoms with Crippen molar-refractivity contribution in [2.24, 2.45) is 0 Å². The van der Waals surface area contributed by atoms with E-state index in [4.69, 9.17) is 0 Å². The number of aliphatic hydroxyl groups is 1. The molecule has 21 heavy (non-hydrogen) atoms. The van der Waals surface area contributed by atoms with E-state index in [0.29, 0.717) is 0 Å². The summed E-state index contributed by atoms with van der Waals surface area (Å²) in [7, 11) is 0. The summed E-state index contributed by atoms with van der Waals surface area (Å²) in [6.07, 6.45) is 2.60. The van der Waals surface area contributed by atoms with Crippen LogP contribution in [-0.2, 0) is 13.0 Å². The number of piperazine rings is 1. The van der Waals surface area contributed by atoms with E-state index in [1.165, 1.54) is 5.56 Å². The molecule has 1 aromatic heterocycles. The number of nitrogens with one attached hydrogen (secondary N) is 1. The molecule has 1 saturated heterocycles. The minimum atomic E-state index is -0.0518. The van der Waals surface area contributed by atoms with Gasteiger partial charge in [-0.25, -0.2) is 9.97 Å². The molecule has 0 atom stereocenters. The van der Waals surface area contributed by atoms with Crippen LogP contribution in [0.25, 0.3) is 0 Å². The van der Waals surface area contributed by atoms with Crippen molar-refractivity contribution in [1.82, 2.24) is 15.3 Å². The van der Waals surface area contributed by atoms with Crippen molar-refractivity contribution in [3.05, 3.63) is 53.3 Å². The van der Waals surface area contributed by atoms with Gasteiger partial charge in [-0.1, -0.05) is 30.3 Å². The molecule has 1 aliphatic heterocycles. The van der Waals surface area contributed by atoms with Crippen molar-refractivity contribution in [2.45, 2.75) is 13.0 Å². The van der Waals surface area contributed by atoms with Gasteiger partial charge in [0.05, 0.1) is 12.3 Å². The summed E-state index contributed by atoms with van der Waals surface area (Å²) in [5, 5.41) is 12.9. The fourth-order valence-corrected chi connectivity index (χ4v) is 2.55. The molecule has 2 N–H and O–H groups in total. The maximum absolute atomic E-state index is 9.60. The average Bonchev–Trinajstić information content (AvgIpc) is 2.57. The zero-order chi connectivity index (χ0) is 14.5. The third kappa shape index (κ3) is 3.37. The molecule has 1 aromatic carbocycles. The molecule has 0 saturated carbocycles. The molecule has 110 valence electrons. The molecule has 0 spiro atoms. The van der Waals surface area contributed by atoms with Gasteiger partial charge in [-0.15, -0.1) is 0 Å². The number of hydrogen-bond donors (Lipinski definition) is 2. The van der Waals surface area contributed by atoms with Crippen LogP contribution in [0.3, 0.4) is 0 Å². The zero-order valence-electron chi connectivity index (χ0n) is 12.0. The van der Waals surface area contributed by atoms with Crippen molar-refractivity contribution in [3.8, 4) is 0 Å². The van der Waals surface area contributed by atoms with Crippen LogP contribution in [0.15, 0.2) is 36.5 Å². The van der Waals surface area contributed by atoms with E-state index in [1.807, 2.05) is 24.4 Å². The van der Waals surface area contributed by atoms with Gasteiger partial charge in [0.1, 0.15) is 0 Å². The summed E-state index contributed by atoms with van der Waals surface area (Å²) in [4.78, 5) is 11.2. The molecule has 0 amide bonds. The summed E-state index contributed by atoms with van der Waals surface area (Å²) in [5.74, 6) is 0.720. The van der Waals surface area contributed by atoms with E-state index < -0.39 is 0 Å². The third-order valence-corrected chi connectivity index (χ3v) is 3.73. The predicted molar refractivity (Wildman–Crippen MR) is 82.3 cm³/mol. The third-order valence-electron chi connectivity index (χ3n) is 3.73. The molecule has 5 heteroatoms. The second kappa shape index (κ2) is 6.65. The normalized spacial score (nSPS) is 15.2. The predicted octanol–water partition coefficient (Wildman–Crippen LogP) is 0.969. The van der Waals surface area contributed by atoms with E-state index in [2.05, 4.69) is 32.3 Å². The number of rotatable bonds is 4. The molecule has 2 heterocycles. The van der Waals surface area contributed by atoms with Gasteiger partial charge < -0.3 is 15.3 Å². The first-order valence-electron chi connectivity index (χ1n) is 7.32. The van der Waals surface area contributed by atoms with Crippen LogP contribution >= 0.6 is 0 Å². The van der Waals surface area contributed by atoms with Gasteiger partial charge in [0, 0.05) is 38.8 Å². The Labute approximate surface area is 124 Å². The van der Waals surface area contributed by atoms with Crippen LogP contribution in [0.4, 0.5) is 5.95 Å². The van der Waals surface area contributed by atoms with Gasteiger partial charge in [-0.2, -0.15) is 0 Å². The Bertz CT molecular complexity index is 582. The van der Waals surface area contributed by atoms with E-state index in [1.54, 1.807) is 0 Å². The van der Waals surface area contributed by atoms with Crippen LogP contribution in [0.2, 0.25) is 0 Å². The van der Waals surface area contributed by atoms with Gasteiger partial charge in [0.15, 0.2) is 0 Å². The summed E-state index contributed by atoms with van der Waals surface area (Å²) < 4.78 is 0. The van der Waals surface area contributed by atoms with Crippen molar-refractivity contribution < 1.29 is 5.11 Å². The Balaban J connectivity index is 1.81. The molecule has 3 rings (SSSR count). The quantitative estimate of drug-likeness (QED) is 0.876. The SMILES string of the molecule is OCc1nc(N2CCNCC2)ncc1Cc1ccccc1. The van der Waals surface area contributed by atoms with Gasteiger partial charge in [-0.3, -0.25) is 0 Å². The van der Waals surface area contributed by atoms with E-state index in [0.717, 1.165) is 49.8 Å². The largest absolute Gasteiger partial charge is 0.390 e. The first-order valence-corrected chi connectivity index (χ1v) is 7.32. The van der Waals surface area contributed by atoms with E-state index >= 15 is 0 Å². The maximum Gasteiger partial charge on any atom is 0.225 e. The molecule has 2 aromatic rings. The number of nitrogens with zero attached hydrogens (tertiary/aromatic N) is 3. The Hall–Kier alpha value is -1.98. The smallest absolute Gasteiger partial charge is 0.225 e. The molecule has 5 nitrogen and oxygen atoms in total. The lowest BCUT2D eigenvalue weighted by molar-refractivity contribution is 0.275.